The summed E-state index contributed by atoms with van der Waals surface area (Å²) >= 11 is 5.90. The molecule has 3 rings (SSSR count). The number of carboxylic acid groups (broad SMARTS) is 1. The van der Waals surface area contributed by atoms with Crippen molar-refractivity contribution in [3.8, 4) is 5.75 Å². The quantitative estimate of drug-likeness (QED) is 0.313. The number of aliphatic carboxylic acids is 1. The number of hydrogen-bond acceptors (Lipinski definition) is 5. The van der Waals surface area contributed by atoms with Crippen molar-refractivity contribution in [3.63, 3.8) is 0 Å². The molecule has 0 aromatic heterocycles. The molecule has 0 bridgehead atoms. The predicted molar refractivity (Wildman–Crippen MR) is 136 cm³/mol. The van der Waals surface area contributed by atoms with E-state index < -0.39 is 22.1 Å². The highest BCUT2D eigenvalue weighted by atomic mass is 35.5. The van der Waals surface area contributed by atoms with E-state index in [2.05, 4.69) is 4.72 Å². The Morgan fingerprint density at radius 1 is 1.06 bits per heavy atom. The van der Waals surface area contributed by atoms with Gasteiger partial charge in [-0.2, -0.15) is 0 Å². The van der Waals surface area contributed by atoms with Crippen molar-refractivity contribution in [1.82, 2.24) is 0 Å². The number of nitrogens with one attached hydrogen (secondary N) is 1. The van der Waals surface area contributed by atoms with E-state index in [1.807, 2.05) is 18.2 Å². The van der Waals surface area contributed by atoms with Crippen LogP contribution in [0, 0.1) is 0 Å². The van der Waals surface area contributed by atoms with Gasteiger partial charge in [0.15, 0.2) is 0 Å². The number of para-hydroxylation sites is 1. The number of carbonyl (C=O) groups is 1. The standard InChI is InChI=1S/C26H26ClNO6S/c27-21-7-4-9-24(18-21)35(32,33)28-22-8-3-5-19(17-22)11-13-23(29)15-16-34-25-10-2-1-6-20(25)12-14-26(30)31/h1-11,13,17-18,23,28-29H,12,14-16H2,(H,30,31)/b13-11+/t23-/m0/s1. The third-order valence-electron chi connectivity index (χ3n) is 5.01. The molecule has 0 aliphatic heterocycles. The average Bonchev–Trinajstić information content (AvgIpc) is 2.82. The zero-order chi connectivity index (χ0) is 25.3. The van der Waals surface area contributed by atoms with E-state index in [9.17, 15) is 18.3 Å². The van der Waals surface area contributed by atoms with Gasteiger partial charge in [0.05, 0.1) is 17.6 Å². The number of rotatable bonds is 12. The Morgan fingerprint density at radius 3 is 2.60 bits per heavy atom. The van der Waals surface area contributed by atoms with Crippen LogP contribution in [-0.2, 0) is 21.2 Å². The van der Waals surface area contributed by atoms with Gasteiger partial charge in [-0.3, -0.25) is 9.52 Å². The number of halogens is 1. The predicted octanol–water partition coefficient (Wildman–Crippen LogP) is 5.00. The van der Waals surface area contributed by atoms with Crippen molar-refractivity contribution >= 4 is 39.4 Å². The van der Waals surface area contributed by atoms with E-state index in [1.165, 1.54) is 12.1 Å². The van der Waals surface area contributed by atoms with Crippen LogP contribution in [-0.4, -0.2) is 37.3 Å². The number of ether oxygens (including phenoxy) is 1. The van der Waals surface area contributed by atoms with Gasteiger partial charge in [0.25, 0.3) is 10.0 Å². The van der Waals surface area contributed by atoms with E-state index in [4.69, 9.17) is 21.4 Å². The molecule has 184 valence electrons. The molecule has 0 aliphatic carbocycles. The Bertz CT molecular complexity index is 1290. The van der Waals surface area contributed by atoms with E-state index in [0.717, 1.165) is 5.56 Å². The van der Waals surface area contributed by atoms with Gasteiger partial charge in [-0.25, -0.2) is 8.42 Å². The van der Waals surface area contributed by atoms with Gasteiger partial charge in [0.1, 0.15) is 5.75 Å². The fourth-order valence-electron chi connectivity index (χ4n) is 3.25. The lowest BCUT2D eigenvalue weighted by atomic mass is 10.1. The van der Waals surface area contributed by atoms with Gasteiger partial charge in [-0.05, 0) is 53.9 Å². The largest absolute Gasteiger partial charge is 0.493 e. The summed E-state index contributed by atoms with van der Waals surface area (Å²) < 4.78 is 33.5. The maximum Gasteiger partial charge on any atom is 0.303 e. The number of aliphatic hydroxyl groups is 1. The first-order valence-corrected chi connectivity index (χ1v) is 12.8. The Labute approximate surface area is 209 Å². The van der Waals surface area contributed by atoms with Crippen LogP contribution in [0.4, 0.5) is 5.69 Å². The van der Waals surface area contributed by atoms with Crippen LogP contribution in [0.2, 0.25) is 5.02 Å². The van der Waals surface area contributed by atoms with Crippen molar-refractivity contribution < 1.29 is 28.2 Å². The molecular formula is C26H26ClNO6S. The number of hydrogen-bond donors (Lipinski definition) is 3. The summed E-state index contributed by atoms with van der Waals surface area (Å²) in [7, 11) is -3.79. The van der Waals surface area contributed by atoms with Crippen LogP contribution in [0.25, 0.3) is 6.08 Å². The molecule has 3 N–H and O–H groups in total. The first kappa shape index (κ1) is 26.3. The number of anilines is 1. The van der Waals surface area contributed by atoms with E-state index >= 15 is 0 Å². The zero-order valence-corrected chi connectivity index (χ0v) is 20.4. The van der Waals surface area contributed by atoms with Crippen molar-refractivity contribution in [1.29, 1.82) is 0 Å². The van der Waals surface area contributed by atoms with Crippen LogP contribution < -0.4 is 9.46 Å². The SMILES string of the molecule is O=C(O)CCc1ccccc1OCC[C@@H](O)/C=C/c1cccc(NS(=O)(=O)c2cccc(Cl)c2)c1. The van der Waals surface area contributed by atoms with Gasteiger partial charge >= 0.3 is 5.97 Å². The molecular weight excluding hydrogens is 490 g/mol. The number of carboxylic acids is 1. The van der Waals surface area contributed by atoms with Gasteiger partial charge in [-0.15, -0.1) is 0 Å². The van der Waals surface area contributed by atoms with Crippen LogP contribution in [0.3, 0.4) is 0 Å². The molecule has 9 heteroatoms. The molecule has 0 heterocycles. The van der Waals surface area contributed by atoms with Gasteiger partial charge < -0.3 is 14.9 Å². The van der Waals surface area contributed by atoms with Crippen molar-refractivity contribution in [2.45, 2.75) is 30.3 Å². The number of sulfonamides is 1. The lowest BCUT2D eigenvalue weighted by Gasteiger charge is -2.12. The van der Waals surface area contributed by atoms with E-state index in [-0.39, 0.29) is 17.9 Å². The fraction of sp³-hybridized carbons (Fsp3) is 0.192. The Balaban J connectivity index is 1.55. The van der Waals surface area contributed by atoms with E-state index in [0.29, 0.717) is 34.9 Å². The topological polar surface area (TPSA) is 113 Å². The molecule has 1 atom stereocenters. The minimum atomic E-state index is -3.79. The first-order valence-electron chi connectivity index (χ1n) is 10.9. The van der Waals surface area contributed by atoms with Crippen LogP contribution >= 0.6 is 11.6 Å². The summed E-state index contributed by atoms with van der Waals surface area (Å²) in [5.41, 5.74) is 1.88. The average molecular weight is 516 g/mol. The highest BCUT2D eigenvalue weighted by molar-refractivity contribution is 7.92. The molecule has 0 saturated heterocycles. The van der Waals surface area contributed by atoms with Crippen molar-refractivity contribution in [2.75, 3.05) is 11.3 Å². The second-order valence-electron chi connectivity index (χ2n) is 7.75. The summed E-state index contributed by atoms with van der Waals surface area (Å²) in [6.07, 6.45) is 3.22. The summed E-state index contributed by atoms with van der Waals surface area (Å²) in [5.74, 6) is -0.272. The Morgan fingerprint density at radius 2 is 1.83 bits per heavy atom. The lowest BCUT2D eigenvalue weighted by Crippen LogP contribution is -2.12. The maximum absolute atomic E-state index is 12.6. The third kappa shape index (κ3) is 8.43. The minimum absolute atomic E-state index is 0.0139. The minimum Gasteiger partial charge on any atom is -0.493 e. The molecule has 0 unspecified atom stereocenters. The molecule has 3 aromatic carbocycles. The van der Waals surface area contributed by atoms with E-state index in [1.54, 1.807) is 54.6 Å². The highest BCUT2D eigenvalue weighted by Crippen LogP contribution is 2.22. The van der Waals surface area contributed by atoms with Gasteiger partial charge in [-0.1, -0.05) is 60.2 Å². The van der Waals surface area contributed by atoms with Crippen molar-refractivity contribution in [2.24, 2.45) is 0 Å². The number of aliphatic hydroxyl groups excluding tert-OH is 1. The van der Waals surface area contributed by atoms with Crippen molar-refractivity contribution in [3.05, 3.63) is 95.0 Å². The summed E-state index contributed by atoms with van der Waals surface area (Å²) in [4.78, 5) is 10.9. The molecule has 0 aliphatic rings. The molecule has 0 fully saturated rings. The summed E-state index contributed by atoms with van der Waals surface area (Å²) in [5, 5.41) is 19.5. The monoisotopic (exact) mass is 515 g/mol. The van der Waals surface area contributed by atoms with Crippen LogP contribution in [0.5, 0.6) is 5.75 Å². The molecule has 35 heavy (non-hydrogen) atoms. The second kappa shape index (κ2) is 12.4. The lowest BCUT2D eigenvalue weighted by molar-refractivity contribution is -0.136. The second-order valence-corrected chi connectivity index (χ2v) is 9.87. The van der Waals surface area contributed by atoms with Gasteiger partial charge in [0, 0.05) is 23.6 Å². The number of aryl methyl sites for hydroxylation is 1. The summed E-state index contributed by atoms with van der Waals surface area (Å²) in [6.45, 7) is 0.245. The normalized spacial score (nSPS) is 12.4. The fourth-order valence-corrected chi connectivity index (χ4v) is 4.60. The van der Waals surface area contributed by atoms with Gasteiger partial charge in [0.2, 0.25) is 0 Å². The molecule has 0 radical (unpaired) electrons. The Kier molecular flexibility index (Phi) is 9.31. The highest BCUT2D eigenvalue weighted by Gasteiger charge is 2.14. The molecule has 0 spiro atoms. The van der Waals surface area contributed by atoms with Crippen LogP contribution in [0.1, 0.15) is 24.0 Å². The molecule has 3 aromatic rings. The Hall–Kier alpha value is -3.33. The third-order valence-corrected chi connectivity index (χ3v) is 6.62. The smallest absolute Gasteiger partial charge is 0.303 e. The summed E-state index contributed by atoms with van der Waals surface area (Å²) in [6, 6.07) is 20.0. The van der Waals surface area contributed by atoms with Crippen LogP contribution in [0.15, 0.2) is 83.8 Å². The molecule has 0 amide bonds. The number of benzene rings is 3. The maximum atomic E-state index is 12.6. The first-order chi connectivity index (χ1) is 16.7. The zero-order valence-electron chi connectivity index (χ0n) is 18.8. The molecule has 7 nitrogen and oxygen atoms in total. The molecule has 0 saturated carbocycles.